The van der Waals surface area contributed by atoms with Crippen LogP contribution in [-0.2, 0) is 40.0 Å². The van der Waals surface area contributed by atoms with Crippen LogP contribution in [-0.4, -0.2) is 95.8 Å². The third-order valence-corrected chi connectivity index (χ3v) is 11.8. The first kappa shape index (κ1) is 45.9. The molecule has 0 radical (unpaired) electrons. The lowest BCUT2D eigenvalue weighted by Crippen LogP contribution is -2.57. The number of aromatic hydroxyl groups is 1. The van der Waals surface area contributed by atoms with E-state index in [1.165, 1.54) is 19.1 Å². The maximum Gasteiger partial charge on any atom is 0.243 e. The van der Waals surface area contributed by atoms with Gasteiger partial charge in [0.2, 0.25) is 41.4 Å². The van der Waals surface area contributed by atoms with Crippen molar-refractivity contribution >= 4 is 41.4 Å². The van der Waals surface area contributed by atoms with Gasteiger partial charge in [-0.3, -0.25) is 33.6 Å². The quantitative estimate of drug-likeness (QED) is 0.0700. The van der Waals surface area contributed by atoms with E-state index in [-0.39, 0.29) is 35.9 Å². The summed E-state index contributed by atoms with van der Waals surface area (Å²) in [7, 11) is 0. The van der Waals surface area contributed by atoms with Crippen LogP contribution < -0.4 is 49.1 Å². The van der Waals surface area contributed by atoms with Gasteiger partial charge in [-0.25, -0.2) is 0 Å². The summed E-state index contributed by atoms with van der Waals surface area (Å²) >= 11 is 0. The molecule has 0 aliphatic heterocycles. The minimum absolute atomic E-state index is 0.0451. The smallest absolute Gasteiger partial charge is 0.243 e. The zero-order valence-corrected chi connectivity index (χ0v) is 33.8. The van der Waals surface area contributed by atoms with Gasteiger partial charge in [0.05, 0.1) is 17.8 Å². The molecule has 0 heterocycles. The molecule has 1 aromatic rings. The second-order valence-corrected chi connectivity index (χ2v) is 16.2. The number of nitrogens with two attached hydrogens (primary N) is 3. The number of benzene rings is 1. The SMILES string of the molecule is CC(=O)N[C@H]1CCC[C@@H]1C(=O)N[C@H](CCCCN)C(=O)N[C@H]1CCC[C@@H]1C(=O)N[C@H](Cc1ccc(O)cc1)C(=O)N[C@H]1CCC[C@@H]1C(=O)N[C@H](CCCCN)C(N)=O. The van der Waals surface area contributed by atoms with E-state index in [0.29, 0.717) is 109 Å². The van der Waals surface area contributed by atoms with Crippen LogP contribution in [0.2, 0.25) is 0 Å². The van der Waals surface area contributed by atoms with Crippen LogP contribution in [0.5, 0.6) is 5.75 Å². The van der Waals surface area contributed by atoms with E-state index in [2.05, 4.69) is 31.9 Å². The van der Waals surface area contributed by atoms with Gasteiger partial charge in [0.15, 0.2) is 0 Å². The summed E-state index contributed by atoms with van der Waals surface area (Å²) in [6, 6.07) is 2.11. The highest BCUT2D eigenvalue weighted by Gasteiger charge is 2.40. The molecule has 17 nitrogen and oxygen atoms in total. The van der Waals surface area contributed by atoms with Crippen molar-refractivity contribution in [1.82, 2.24) is 31.9 Å². The van der Waals surface area contributed by atoms with Gasteiger partial charge >= 0.3 is 0 Å². The maximum absolute atomic E-state index is 14.0. The predicted molar refractivity (Wildman–Crippen MR) is 216 cm³/mol. The summed E-state index contributed by atoms with van der Waals surface area (Å²) in [5.74, 6) is -4.54. The van der Waals surface area contributed by atoms with Crippen molar-refractivity contribution in [2.24, 2.45) is 35.0 Å². The molecule has 3 aliphatic rings. The summed E-state index contributed by atoms with van der Waals surface area (Å²) in [4.78, 5) is 92.5. The van der Waals surface area contributed by atoms with Crippen molar-refractivity contribution < 1.29 is 38.7 Å². The second-order valence-electron chi connectivity index (χ2n) is 16.2. The topological polar surface area (TPSA) is 290 Å². The molecule has 3 aliphatic carbocycles. The van der Waals surface area contributed by atoms with Crippen LogP contribution in [0.25, 0.3) is 0 Å². The number of unbranched alkanes of at least 4 members (excludes halogenated alkanes) is 2. The van der Waals surface area contributed by atoms with Crippen LogP contribution in [0.3, 0.4) is 0 Å². The Morgan fingerprint density at radius 2 is 1.02 bits per heavy atom. The number of nitrogens with one attached hydrogen (secondary N) is 6. The number of phenols is 1. The number of hydrogen-bond donors (Lipinski definition) is 10. The molecule has 1 aromatic carbocycles. The number of hydrogen-bond acceptors (Lipinski definition) is 10. The molecule has 0 unspecified atom stereocenters. The molecular formula is C41H65N9O8. The predicted octanol–water partition coefficient (Wildman–Crippen LogP) is 0.00700. The number of carbonyl (C=O) groups excluding carboxylic acids is 7. The lowest BCUT2D eigenvalue weighted by atomic mass is 9.97. The molecule has 4 rings (SSSR count). The van der Waals surface area contributed by atoms with Crippen molar-refractivity contribution in [2.75, 3.05) is 13.1 Å². The lowest BCUT2D eigenvalue weighted by molar-refractivity contribution is -0.134. The Bertz CT molecular complexity index is 1580. The van der Waals surface area contributed by atoms with E-state index in [4.69, 9.17) is 17.2 Å². The van der Waals surface area contributed by atoms with Gasteiger partial charge in [0, 0.05) is 31.5 Å². The molecule has 13 N–H and O–H groups in total. The standard InChI is InChI=1S/C41H65N9O8/c1-24(51)45-30-14-6-9-27(30)38(55)49-34(13-3-5-22-43)40(57)46-31-15-8-11-29(31)39(56)50-35(23-25-17-19-26(52)20-18-25)41(58)47-32-16-7-10-28(32)37(54)48-33(36(44)53)12-2-4-21-42/h17-20,27-35,52H,2-16,21-23,42-43H2,1H3,(H2,44,53)(H,45,51)(H,46,57)(H,47,58)(H,48,54)(H,49,55)(H,50,56)/t27-,28-,29-,30-,31-,32-,33+,34+,35+/m0/s1. The minimum atomic E-state index is -1.06. The van der Waals surface area contributed by atoms with Crippen molar-refractivity contribution in [2.45, 2.75) is 146 Å². The van der Waals surface area contributed by atoms with Gasteiger partial charge in [0.1, 0.15) is 23.9 Å². The van der Waals surface area contributed by atoms with Gasteiger partial charge in [-0.05, 0) is 108 Å². The van der Waals surface area contributed by atoms with E-state index >= 15 is 0 Å². The first-order valence-electron chi connectivity index (χ1n) is 21.1. The number of rotatable bonds is 22. The molecule has 17 heteroatoms. The third-order valence-electron chi connectivity index (χ3n) is 11.8. The summed E-state index contributed by atoms with van der Waals surface area (Å²) in [5, 5.41) is 27.3. The molecule has 0 saturated heterocycles. The largest absolute Gasteiger partial charge is 0.508 e. The fraction of sp³-hybridized carbons (Fsp3) is 0.683. The zero-order chi connectivity index (χ0) is 42.2. The molecule has 322 valence electrons. The van der Waals surface area contributed by atoms with Crippen LogP contribution in [0, 0.1) is 17.8 Å². The fourth-order valence-corrected chi connectivity index (χ4v) is 8.62. The Labute approximate surface area is 340 Å². The number of carbonyl (C=O) groups is 7. The Kier molecular flexibility index (Phi) is 18.2. The lowest BCUT2D eigenvalue weighted by Gasteiger charge is -2.28. The Hall–Kier alpha value is -4.77. The summed E-state index contributed by atoms with van der Waals surface area (Å²) < 4.78 is 0. The van der Waals surface area contributed by atoms with Crippen molar-refractivity contribution in [1.29, 1.82) is 0 Å². The third kappa shape index (κ3) is 13.7. The number of amides is 7. The molecule has 7 amide bonds. The number of primary amides is 1. The zero-order valence-electron chi connectivity index (χ0n) is 33.8. The molecule has 0 bridgehead atoms. The molecule has 0 aromatic heterocycles. The summed E-state index contributed by atoms with van der Waals surface area (Å²) in [5.41, 5.74) is 17.5. The second kappa shape index (κ2) is 23.0. The fourth-order valence-electron chi connectivity index (χ4n) is 8.62. The van der Waals surface area contributed by atoms with E-state index in [0.717, 1.165) is 6.42 Å². The first-order valence-corrected chi connectivity index (χ1v) is 21.1. The average Bonchev–Trinajstić information content (AvgIpc) is 3.96. The maximum atomic E-state index is 14.0. The van der Waals surface area contributed by atoms with Crippen molar-refractivity contribution in [3.05, 3.63) is 29.8 Å². The normalized spacial score (nSPS) is 24.2. The summed E-state index contributed by atoms with van der Waals surface area (Å²) in [6.07, 6.45) is 8.72. The Balaban J connectivity index is 1.44. The van der Waals surface area contributed by atoms with Gasteiger partial charge in [-0.2, -0.15) is 0 Å². The van der Waals surface area contributed by atoms with Gasteiger partial charge in [-0.15, -0.1) is 0 Å². The van der Waals surface area contributed by atoms with Crippen LogP contribution in [0.4, 0.5) is 0 Å². The van der Waals surface area contributed by atoms with E-state index in [1.54, 1.807) is 12.1 Å². The minimum Gasteiger partial charge on any atom is -0.508 e. The van der Waals surface area contributed by atoms with Gasteiger partial charge < -0.3 is 54.2 Å². The highest BCUT2D eigenvalue weighted by Crippen LogP contribution is 2.29. The molecule has 58 heavy (non-hydrogen) atoms. The van der Waals surface area contributed by atoms with Crippen LogP contribution >= 0.6 is 0 Å². The highest BCUT2D eigenvalue weighted by atomic mass is 16.3. The molecule has 0 spiro atoms. The monoisotopic (exact) mass is 811 g/mol. The first-order chi connectivity index (χ1) is 27.8. The Morgan fingerprint density at radius 1 is 0.603 bits per heavy atom. The van der Waals surface area contributed by atoms with Gasteiger partial charge in [0.25, 0.3) is 0 Å². The molecule has 3 fully saturated rings. The molecular weight excluding hydrogens is 747 g/mol. The highest BCUT2D eigenvalue weighted by molar-refractivity contribution is 5.92. The van der Waals surface area contributed by atoms with Crippen molar-refractivity contribution in [3.63, 3.8) is 0 Å². The van der Waals surface area contributed by atoms with Crippen LogP contribution in [0.1, 0.15) is 109 Å². The van der Waals surface area contributed by atoms with Crippen molar-refractivity contribution in [3.8, 4) is 5.75 Å². The van der Waals surface area contributed by atoms with E-state index in [9.17, 15) is 38.7 Å². The van der Waals surface area contributed by atoms with E-state index < -0.39 is 71.6 Å². The molecule has 9 atom stereocenters. The van der Waals surface area contributed by atoms with Crippen LogP contribution in [0.15, 0.2) is 24.3 Å². The summed E-state index contributed by atoms with van der Waals surface area (Å²) in [6.45, 7) is 2.29. The average molecular weight is 812 g/mol. The molecule has 3 saturated carbocycles. The van der Waals surface area contributed by atoms with E-state index in [1.807, 2.05) is 0 Å². The number of phenolic OH excluding ortho intramolecular Hbond substituents is 1. The van der Waals surface area contributed by atoms with Gasteiger partial charge in [-0.1, -0.05) is 31.4 Å². The Morgan fingerprint density at radius 3 is 1.47 bits per heavy atom.